The Morgan fingerprint density at radius 1 is 1.47 bits per heavy atom. The molecule has 15 heavy (non-hydrogen) atoms. The molecule has 1 heterocycles. The highest BCUT2D eigenvalue weighted by Crippen LogP contribution is 2.11. The van der Waals surface area contributed by atoms with Crippen molar-refractivity contribution in [1.29, 1.82) is 0 Å². The molecule has 5 heteroatoms. The number of nitrogens with two attached hydrogens (primary N) is 1. The third-order valence-electron chi connectivity index (χ3n) is 2.53. The van der Waals surface area contributed by atoms with E-state index in [9.17, 15) is 4.79 Å². The zero-order valence-electron chi connectivity index (χ0n) is 9.53. The predicted octanol–water partition coefficient (Wildman–Crippen LogP) is -0.134. The number of nitrogens with zero attached hydrogens (tertiary/aromatic N) is 1. The van der Waals surface area contributed by atoms with Gasteiger partial charge in [-0.3, -0.25) is 15.1 Å². The van der Waals surface area contributed by atoms with Crippen molar-refractivity contribution < 1.29 is 9.53 Å². The van der Waals surface area contributed by atoms with Gasteiger partial charge in [-0.25, -0.2) is 5.84 Å². The lowest BCUT2D eigenvalue weighted by Gasteiger charge is -2.35. The van der Waals surface area contributed by atoms with Crippen molar-refractivity contribution in [3.05, 3.63) is 0 Å². The van der Waals surface area contributed by atoms with Gasteiger partial charge in [-0.2, -0.15) is 0 Å². The Morgan fingerprint density at radius 2 is 2.07 bits per heavy atom. The minimum absolute atomic E-state index is 0.0932. The van der Waals surface area contributed by atoms with Crippen LogP contribution in [0.4, 0.5) is 0 Å². The first kappa shape index (κ1) is 12.4. The van der Waals surface area contributed by atoms with E-state index in [0.29, 0.717) is 6.42 Å². The van der Waals surface area contributed by atoms with Crippen LogP contribution in [0.3, 0.4) is 0 Å². The first-order valence-corrected chi connectivity index (χ1v) is 5.49. The van der Waals surface area contributed by atoms with E-state index in [1.165, 1.54) is 0 Å². The standard InChI is InChI=1S/C10H21N3O2/c1-8-6-13(7-9(2)15-8)5-3-4-10(14)12-11/h8-9H,3-7,11H2,1-2H3,(H,12,14)/t8-,9+. The lowest BCUT2D eigenvalue weighted by atomic mass is 10.2. The van der Waals surface area contributed by atoms with Gasteiger partial charge < -0.3 is 4.74 Å². The van der Waals surface area contributed by atoms with Crippen LogP contribution in [0.25, 0.3) is 0 Å². The van der Waals surface area contributed by atoms with Crippen molar-refractivity contribution >= 4 is 5.91 Å². The Balaban J connectivity index is 2.17. The molecule has 3 N–H and O–H groups in total. The van der Waals surface area contributed by atoms with E-state index in [-0.39, 0.29) is 18.1 Å². The van der Waals surface area contributed by atoms with Crippen LogP contribution in [0, 0.1) is 0 Å². The lowest BCUT2D eigenvalue weighted by Crippen LogP contribution is -2.45. The zero-order chi connectivity index (χ0) is 11.3. The Labute approximate surface area is 90.9 Å². The normalized spacial score (nSPS) is 27.7. The number of ether oxygens (including phenoxy) is 1. The van der Waals surface area contributed by atoms with Gasteiger partial charge in [0.2, 0.25) is 5.91 Å². The number of hydrogen-bond acceptors (Lipinski definition) is 4. The number of hydrogen-bond donors (Lipinski definition) is 2. The summed E-state index contributed by atoms with van der Waals surface area (Å²) in [5.74, 6) is 4.91. The Kier molecular flexibility index (Phi) is 5.01. The third-order valence-corrected chi connectivity index (χ3v) is 2.53. The molecule has 0 spiro atoms. The number of rotatable bonds is 4. The monoisotopic (exact) mass is 215 g/mol. The summed E-state index contributed by atoms with van der Waals surface area (Å²) in [6.45, 7) is 7.00. The molecule has 0 aromatic heterocycles. The SMILES string of the molecule is C[C@@H]1CN(CCCC(=O)NN)C[C@H](C)O1. The van der Waals surface area contributed by atoms with Crippen molar-refractivity contribution in [3.63, 3.8) is 0 Å². The highest BCUT2D eigenvalue weighted by Gasteiger charge is 2.21. The third kappa shape index (κ3) is 4.59. The molecule has 0 radical (unpaired) electrons. The summed E-state index contributed by atoms with van der Waals surface area (Å²) in [7, 11) is 0. The smallest absolute Gasteiger partial charge is 0.233 e. The molecule has 1 fully saturated rings. The second kappa shape index (κ2) is 6.05. The lowest BCUT2D eigenvalue weighted by molar-refractivity contribution is -0.121. The van der Waals surface area contributed by atoms with E-state index in [4.69, 9.17) is 10.6 Å². The first-order valence-electron chi connectivity index (χ1n) is 5.49. The van der Waals surface area contributed by atoms with Crippen LogP contribution in [0.1, 0.15) is 26.7 Å². The Hall–Kier alpha value is -0.650. The number of carbonyl (C=O) groups is 1. The van der Waals surface area contributed by atoms with Crippen molar-refractivity contribution in [1.82, 2.24) is 10.3 Å². The molecular formula is C10H21N3O2. The number of nitrogens with one attached hydrogen (secondary N) is 1. The van der Waals surface area contributed by atoms with Crippen molar-refractivity contribution in [2.75, 3.05) is 19.6 Å². The van der Waals surface area contributed by atoms with Gasteiger partial charge in [0.15, 0.2) is 0 Å². The summed E-state index contributed by atoms with van der Waals surface area (Å²) < 4.78 is 5.62. The summed E-state index contributed by atoms with van der Waals surface area (Å²) in [5, 5.41) is 0. The maximum Gasteiger partial charge on any atom is 0.233 e. The Morgan fingerprint density at radius 3 is 2.60 bits per heavy atom. The topological polar surface area (TPSA) is 67.6 Å². The minimum atomic E-state index is -0.0932. The molecule has 0 aromatic carbocycles. The number of morpholine rings is 1. The molecule has 1 rings (SSSR count). The van der Waals surface area contributed by atoms with Crippen molar-refractivity contribution in [2.24, 2.45) is 5.84 Å². The van der Waals surface area contributed by atoms with Crippen LogP contribution >= 0.6 is 0 Å². The van der Waals surface area contributed by atoms with Gasteiger partial charge >= 0.3 is 0 Å². The molecule has 0 bridgehead atoms. The molecule has 0 saturated carbocycles. The van der Waals surface area contributed by atoms with E-state index >= 15 is 0 Å². The fraction of sp³-hybridized carbons (Fsp3) is 0.900. The molecule has 1 saturated heterocycles. The van der Waals surface area contributed by atoms with Crippen LogP contribution in [0.2, 0.25) is 0 Å². The van der Waals surface area contributed by atoms with Gasteiger partial charge in [0.05, 0.1) is 12.2 Å². The maximum atomic E-state index is 10.9. The molecule has 0 aliphatic carbocycles. The van der Waals surface area contributed by atoms with E-state index in [1.807, 2.05) is 0 Å². The van der Waals surface area contributed by atoms with Gasteiger partial charge in [0, 0.05) is 19.5 Å². The van der Waals surface area contributed by atoms with Crippen LogP contribution in [0.15, 0.2) is 0 Å². The van der Waals surface area contributed by atoms with E-state index in [1.54, 1.807) is 0 Å². The average Bonchev–Trinajstić information content (AvgIpc) is 2.16. The van der Waals surface area contributed by atoms with Gasteiger partial charge in [0.1, 0.15) is 0 Å². The highest BCUT2D eigenvalue weighted by atomic mass is 16.5. The molecule has 2 atom stereocenters. The highest BCUT2D eigenvalue weighted by molar-refractivity contribution is 5.75. The van der Waals surface area contributed by atoms with Crippen LogP contribution in [-0.2, 0) is 9.53 Å². The second-order valence-electron chi connectivity index (χ2n) is 4.19. The zero-order valence-corrected chi connectivity index (χ0v) is 9.53. The van der Waals surface area contributed by atoms with Gasteiger partial charge in [0.25, 0.3) is 0 Å². The fourth-order valence-corrected chi connectivity index (χ4v) is 2.00. The predicted molar refractivity (Wildman–Crippen MR) is 58.0 cm³/mol. The molecule has 1 aliphatic rings. The van der Waals surface area contributed by atoms with Crippen LogP contribution in [-0.4, -0.2) is 42.6 Å². The molecule has 1 amide bonds. The van der Waals surface area contributed by atoms with Gasteiger partial charge in [-0.15, -0.1) is 0 Å². The molecular weight excluding hydrogens is 194 g/mol. The summed E-state index contributed by atoms with van der Waals surface area (Å²) in [5.41, 5.74) is 2.14. The number of amides is 1. The van der Waals surface area contributed by atoms with E-state index in [2.05, 4.69) is 24.2 Å². The van der Waals surface area contributed by atoms with Crippen LogP contribution < -0.4 is 11.3 Å². The largest absolute Gasteiger partial charge is 0.373 e. The molecule has 5 nitrogen and oxygen atoms in total. The first-order chi connectivity index (χ1) is 7.11. The summed E-state index contributed by atoms with van der Waals surface area (Å²) >= 11 is 0. The summed E-state index contributed by atoms with van der Waals surface area (Å²) in [4.78, 5) is 13.2. The summed E-state index contributed by atoms with van der Waals surface area (Å²) in [6.07, 6.45) is 1.92. The molecule has 0 unspecified atom stereocenters. The molecule has 1 aliphatic heterocycles. The minimum Gasteiger partial charge on any atom is -0.373 e. The fourth-order valence-electron chi connectivity index (χ4n) is 2.00. The van der Waals surface area contributed by atoms with Crippen molar-refractivity contribution in [2.45, 2.75) is 38.9 Å². The Bertz CT molecular complexity index is 201. The molecule has 88 valence electrons. The molecule has 0 aromatic rings. The van der Waals surface area contributed by atoms with Gasteiger partial charge in [-0.05, 0) is 26.8 Å². The second-order valence-corrected chi connectivity index (χ2v) is 4.19. The van der Waals surface area contributed by atoms with E-state index < -0.39 is 0 Å². The van der Waals surface area contributed by atoms with Gasteiger partial charge in [-0.1, -0.05) is 0 Å². The summed E-state index contributed by atoms with van der Waals surface area (Å²) in [6, 6.07) is 0. The van der Waals surface area contributed by atoms with Crippen molar-refractivity contribution in [3.8, 4) is 0 Å². The van der Waals surface area contributed by atoms with E-state index in [0.717, 1.165) is 26.1 Å². The number of carbonyl (C=O) groups excluding carboxylic acids is 1. The quantitative estimate of drug-likeness (QED) is 0.389. The van der Waals surface area contributed by atoms with Crippen LogP contribution in [0.5, 0.6) is 0 Å². The average molecular weight is 215 g/mol. The maximum absolute atomic E-state index is 10.9. The number of hydrazine groups is 1.